The molecule has 0 spiro atoms. The molecule has 0 N–H and O–H groups in total. The minimum absolute atomic E-state index is 0.289. The summed E-state index contributed by atoms with van der Waals surface area (Å²) in [6, 6.07) is 6.13. The van der Waals surface area contributed by atoms with Gasteiger partial charge in [0.15, 0.2) is 0 Å². The van der Waals surface area contributed by atoms with E-state index in [0.717, 1.165) is 51.1 Å². The van der Waals surface area contributed by atoms with Crippen molar-refractivity contribution in [3.63, 3.8) is 0 Å². The largest absolute Gasteiger partial charge is 0.377 e. The Kier molecular flexibility index (Phi) is 6.87. The van der Waals surface area contributed by atoms with Gasteiger partial charge >= 0.3 is 0 Å². The molecule has 2 heterocycles. The molecule has 1 aliphatic heterocycles. The number of hydrogen-bond acceptors (Lipinski definition) is 5. The molecule has 0 unspecified atom stereocenters. The van der Waals surface area contributed by atoms with Gasteiger partial charge in [-0.05, 0) is 42.7 Å². The Bertz CT molecular complexity index is 545. The van der Waals surface area contributed by atoms with Crippen LogP contribution in [0.15, 0.2) is 24.4 Å². The number of anilines is 1. The van der Waals surface area contributed by atoms with Crippen LogP contribution in [0, 0.1) is 11.3 Å². The van der Waals surface area contributed by atoms with E-state index in [1.165, 1.54) is 19.3 Å². The highest BCUT2D eigenvalue weighted by molar-refractivity contribution is 7.81. The molecule has 0 amide bonds. The summed E-state index contributed by atoms with van der Waals surface area (Å²) in [6.45, 7) is 13.1. The zero-order valence-corrected chi connectivity index (χ0v) is 17.5. The molecule has 1 aliphatic carbocycles. The van der Waals surface area contributed by atoms with Crippen molar-refractivity contribution in [2.24, 2.45) is 11.3 Å². The first kappa shape index (κ1) is 20.0. The Morgan fingerprint density at radius 2 is 2.00 bits per heavy atom. The van der Waals surface area contributed by atoms with E-state index in [1.807, 2.05) is 12.3 Å². The molecule has 1 saturated carbocycles. The molecular formula is C21H35N3OS. The third kappa shape index (κ3) is 5.86. The van der Waals surface area contributed by atoms with Crippen molar-refractivity contribution in [2.45, 2.75) is 51.4 Å². The van der Waals surface area contributed by atoms with Crippen molar-refractivity contribution < 1.29 is 4.74 Å². The molecule has 5 heteroatoms. The smallest absolute Gasteiger partial charge is 0.128 e. The highest BCUT2D eigenvalue weighted by atomic mass is 32.1. The van der Waals surface area contributed by atoms with Crippen molar-refractivity contribution in [2.75, 3.05) is 44.2 Å². The Morgan fingerprint density at radius 1 is 1.23 bits per heavy atom. The molecule has 4 nitrogen and oxygen atoms in total. The van der Waals surface area contributed by atoms with E-state index < -0.39 is 0 Å². The lowest BCUT2D eigenvalue weighted by Gasteiger charge is -2.39. The lowest BCUT2D eigenvalue weighted by atomic mass is 9.71. The van der Waals surface area contributed by atoms with Crippen LogP contribution in [0.2, 0.25) is 0 Å². The van der Waals surface area contributed by atoms with Gasteiger partial charge in [-0.2, -0.15) is 12.6 Å². The van der Waals surface area contributed by atoms with Crippen LogP contribution in [0.1, 0.15) is 40.0 Å². The third-order valence-electron chi connectivity index (χ3n) is 5.69. The lowest BCUT2D eigenvalue weighted by Crippen LogP contribution is -2.48. The molecule has 146 valence electrons. The van der Waals surface area contributed by atoms with Gasteiger partial charge in [-0.25, -0.2) is 4.98 Å². The zero-order valence-electron chi connectivity index (χ0n) is 16.6. The summed E-state index contributed by atoms with van der Waals surface area (Å²) in [5.41, 5.74) is 0.413. The average molecular weight is 378 g/mol. The van der Waals surface area contributed by atoms with Gasteiger partial charge in [-0.15, -0.1) is 0 Å². The maximum Gasteiger partial charge on any atom is 0.128 e. The van der Waals surface area contributed by atoms with Gasteiger partial charge in [0.25, 0.3) is 0 Å². The number of pyridine rings is 1. The fourth-order valence-corrected chi connectivity index (χ4v) is 5.00. The van der Waals surface area contributed by atoms with Crippen molar-refractivity contribution >= 4 is 18.4 Å². The molecule has 1 saturated heterocycles. The molecule has 1 aromatic heterocycles. The van der Waals surface area contributed by atoms with Gasteiger partial charge < -0.3 is 9.64 Å². The molecule has 2 fully saturated rings. The molecule has 0 bridgehead atoms. The number of hydrogen-bond donors (Lipinski definition) is 1. The van der Waals surface area contributed by atoms with Crippen molar-refractivity contribution in [3.05, 3.63) is 24.4 Å². The number of rotatable bonds is 6. The maximum absolute atomic E-state index is 6.26. The third-order valence-corrected chi connectivity index (χ3v) is 6.00. The van der Waals surface area contributed by atoms with E-state index in [1.54, 1.807) is 0 Å². The normalized spacial score (nSPS) is 28.1. The SMILES string of the molecule is C[C@H]1C[C@@H](OC[C@H](S)CN2CCN(c3ccccn3)CC2)CC(C)(C)C1. The highest BCUT2D eigenvalue weighted by Crippen LogP contribution is 2.39. The molecule has 0 aromatic carbocycles. The summed E-state index contributed by atoms with van der Waals surface area (Å²) in [4.78, 5) is 9.33. The predicted octanol–water partition coefficient (Wildman–Crippen LogP) is 3.73. The van der Waals surface area contributed by atoms with Crippen LogP contribution in [0.25, 0.3) is 0 Å². The molecule has 2 aliphatic rings. The summed E-state index contributed by atoms with van der Waals surface area (Å²) in [7, 11) is 0. The first-order chi connectivity index (χ1) is 12.4. The van der Waals surface area contributed by atoms with E-state index in [0.29, 0.717) is 11.5 Å². The minimum Gasteiger partial charge on any atom is -0.377 e. The second kappa shape index (κ2) is 8.94. The van der Waals surface area contributed by atoms with E-state index in [9.17, 15) is 0 Å². The molecule has 26 heavy (non-hydrogen) atoms. The summed E-state index contributed by atoms with van der Waals surface area (Å²) in [6.07, 6.45) is 5.98. The fraction of sp³-hybridized carbons (Fsp3) is 0.762. The van der Waals surface area contributed by atoms with Crippen LogP contribution in [-0.2, 0) is 4.74 Å². The zero-order chi connectivity index (χ0) is 18.6. The Hall–Kier alpha value is -0.780. The Balaban J connectivity index is 1.37. The molecular weight excluding hydrogens is 342 g/mol. The van der Waals surface area contributed by atoms with Crippen molar-refractivity contribution in [1.29, 1.82) is 0 Å². The molecule has 3 rings (SSSR count). The summed E-state index contributed by atoms with van der Waals surface area (Å²) < 4.78 is 6.26. The molecule has 0 radical (unpaired) electrons. The van der Waals surface area contributed by atoms with Crippen molar-refractivity contribution in [3.8, 4) is 0 Å². The van der Waals surface area contributed by atoms with Gasteiger partial charge in [0.1, 0.15) is 5.82 Å². The standard InChI is InChI=1S/C21H35N3OS/c1-17-12-18(14-21(2,3)13-17)25-16-19(26)15-23-8-10-24(11-9-23)20-6-4-5-7-22-20/h4-7,17-19,26H,8-16H2,1-3H3/t17-,18+,19+/m0/s1. The van der Waals surface area contributed by atoms with Crippen LogP contribution < -0.4 is 4.90 Å². The van der Waals surface area contributed by atoms with Gasteiger partial charge in [-0.3, -0.25) is 4.90 Å². The average Bonchev–Trinajstić information content (AvgIpc) is 2.60. The minimum atomic E-state index is 0.289. The summed E-state index contributed by atoms with van der Waals surface area (Å²) in [5, 5.41) is 0.289. The monoisotopic (exact) mass is 377 g/mol. The second-order valence-electron chi connectivity index (χ2n) is 9.00. The van der Waals surface area contributed by atoms with Crippen molar-refractivity contribution in [1.82, 2.24) is 9.88 Å². The van der Waals surface area contributed by atoms with Crippen LogP contribution in [0.5, 0.6) is 0 Å². The number of ether oxygens (including phenoxy) is 1. The summed E-state index contributed by atoms with van der Waals surface area (Å²) in [5.74, 6) is 1.86. The lowest BCUT2D eigenvalue weighted by molar-refractivity contribution is -0.0237. The fourth-order valence-electron chi connectivity index (χ4n) is 4.68. The first-order valence-corrected chi connectivity index (χ1v) is 10.6. The van der Waals surface area contributed by atoms with E-state index >= 15 is 0 Å². The number of aromatic nitrogens is 1. The number of nitrogens with zero attached hydrogens (tertiary/aromatic N) is 3. The molecule has 3 atom stereocenters. The van der Waals surface area contributed by atoms with Gasteiger partial charge in [0.05, 0.1) is 12.7 Å². The Labute approximate surface area is 164 Å². The maximum atomic E-state index is 6.26. The topological polar surface area (TPSA) is 28.6 Å². The van der Waals surface area contributed by atoms with E-state index in [4.69, 9.17) is 17.4 Å². The van der Waals surface area contributed by atoms with Gasteiger partial charge in [-0.1, -0.05) is 26.8 Å². The first-order valence-electron chi connectivity index (χ1n) is 10.1. The van der Waals surface area contributed by atoms with Gasteiger partial charge in [0, 0.05) is 44.2 Å². The van der Waals surface area contributed by atoms with Gasteiger partial charge in [0.2, 0.25) is 0 Å². The molecule has 1 aromatic rings. The van der Waals surface area contributed by atoms with Crippen LogP contribution in [-0.4, -0.2) is 60.6 Å². The van der Waals surface area contributed by atoms with E-state index in [2.05, 4.69) is 47.7 Å². The summed E-state index contributed by atoms with van der Waals surface area (Å²) >= 11 is 4.81. The van der Waals surface area contributed by atoms with Crippen LogP contribution in [0.4, 0.5) is 5.82 Å². The predicted molar refractivity (Wildman–Crippen MR) is 112 cm³/mol. The number of thiol groups is 1. The number of piperazine rings is 1. The second-order valence-corrected chi connectivity index (χ2v) is 9.73. The highest BCUT2D eigenvalue weighted by Gasteiger charge is 2.32. The van der Waals surface area contributed by atoms with Crippen LogP contribution >= 0.6 is 12.6 Å². The quantitative estimate of drug-likeness (QED) is 0.765. The van der Waals surface area contributed by atoms with E-state index in [-0.39, 0.29) is 5.25 Å². The van der Waals surface area contributed by atoms with Crippen LogP contribution in [0.3, 0.4) is 0 Å². The Morgan fingerprint density at radius 3 is 2.65 bits per heavy atom.